The van der Waals surface area contributed by atoms with Crippen LogP contribution >= 0.6 is 0 Å². The van der Waals surface area contributed by atoms with Gasteiger partial charge < -0.3 is 22.8 Å². The number of rotatable bonds is 6. The number of benzene rings is 3. The molecule has 1 aliphatic rings. The smallest absolute Gasteiger partial charge is 0.481 e. The fourth-order valence-electron chi connectivity index (χ4n) is 4.01. The second-order valence-corrected chi connectivity index (χ2v) is 7.56. The van der Waals surface area contributed by atoms with Crippen LogP contribution < -0.4 is 62.2 Å². The van der Waals surface area contributed by atoms with Crippen LogP contribution in [0.3, 0.4) is 0 Å². The third kappa shape index (κ3) is 5.88. The first kappa shape index (κ1) is 25.5. The van der Waals surface area contributed by atoms with Crippen LogP contribution in [0.15, 0.2) is 66.7 Å². The van der Waals surface area contributed by atoms with Crippen molar-refractivity contribution in [2.24, 2.45) is 0 Å². The summed E-state index contributed by atoms with van der Waals surface area (Å²) in [4.78, 5) is 23.3. The van der Waals surface area contributed by atoms with E-state index in [4.69, 9.17) is 9.84 Å². The van der Waals surface area contributed by atoms with Crippen molar-refractivity contribution >= 4 is 30.2 Å². The summed E-state index contributed by atoms with van der Waals surface area (Å²) in [5.74, 6) is -1.47. The van der Waals surface area contributed by atoms with Crippen LogP contribution in [0.4, 0.5) is 23.4 Å². The molecule has 1 amide bonds. The Morgan fingerprint density at radius 1 is 0.939 bits per heavy atom. The molecule has 0 saturated carbocycles. The molecule has 0 radical (unpaired) electrons. The minimum Gasteiger partial charge on any atom is -0.481 e. The van der Waals surface area contributed by atoms with Crippen molar-refractivity contribution in [1.29, 1.82) is 0 Å². The molecule has 33 heavy (non-hydrogen) atoms. The number of carboxylic acid groups (broad SMARTS) is 1. The molecule has 0 atom stereocenters. The van der Waals surface area contributed by atoms with Gasteiger partial charge in [0.1, 0.15) is 6.61 Å². The van der Waals surface area contributed by atoms with Crippen LogP contribution in [0.5, 0.6) is 0 Å². The number of carboxylic acids is 1. The minimum atomic E-state index is -5.37. The first-order valence-electron chi connectivity index (χ1n) is 9.90. The number of aliphatic carboxylic acids is 1. The van der Waals surface area contributed by atoms with Gasteiger partial charge in [-0.15, -0.1) is 5.46 Å². The van der Waals surface area contributed by atoms with E-state index in [-0.39, 0.29) is 75.2 Å². The number of anilines is 1. The summed E-state index contributed by atoms with van der Waals surface area (Å²) in [5.41, 5.74) is 2.89. The topological polar surface area (TPSA) is 75.6 Å². The van der Waals surface area contributed by atoms with E-state index in [1.54, 1.807) is 0 Å². The summed E-state index contributed by atoms with van der Waals surface area (Å²) in [6.45, 7) is -5.36. The number of carbonyl (C=O) groups excluding carboxylic acids is 1. The SMILES string of the molecule is O=C(O)Cc1cc(NC(=O)OCC2c3ccccc3-c3ccccc32)cc([B-](F)(F)F)c1.[K+]. The monoisotopic (exact) mass is 479 g/mol. The molecule has 0 fully saturated rings. The zero-order valence-electron chi connectivity index (χ0n) is 17.7. The average molecular weight is 479 g/mol. The van der Waals surface area contributed by atoms with Gasteiger partial charge in [-0.05, 0) is 33.9 Å². The van der Waals surface area contributed by atoms with E-state index in [1.165, 1.54) is 6.07 Å². The van der Waals surface area contributed by atoms with E-state index >= 15 is 0 Å². The Kier molecular flexibility index (Phi) is 8.07. The van der Waals surface area contributed by atoms with Gasteiger partial charge in [0.05, 0.1) is 6.42 Å². The molecule has 4 rings (SSSR count). The molecule has 0 unspecified atom stereocenters. The molecule has 0 aliphatic heterocycles. The summed E-state index contributed by atoms with van der Waals surface area (Å²) < 4.78 is 45.0. The third-order valence-corrected chi connectivity index (χ3v) is 5.34. The Balaban J connectivity index is 0.00000306. The molecule has 2 N–H and O–H groups in total. The van der Waals surface area contributed by atoms with Crippen molar-refractivity contribution in [2.75, 3.05) is 11.9 Å². The van der Waals surface area contributed by atoms with Gasteiger partial charge in [0, 0.05) is 11.6 Å². The number of carbonyl (C=O) groups is 2. The molecule has 1 aliphatic carbocycles. The maximum Gasteiger partial charge on any atom is 1.00 e. The molecular formula is C23H18BF3KNO4. The van der Waals surface area contributed by atoms with E-state index in [1.807, 2.05) is 48.5 Å². The molecule has 3 aromatic rings. The van der Waals surface area contributed by atoms with E-state index in [2.05, 4.69) is 5.32 Å². The average Bonchev–Trinajstić information content (AvgIpc) is 3.05. The normalized spacial score (nSPS) is 12.3. The van der Waals surface area contributed by atoms with E-state index in [9.17, 15) is 22.5 Å². The Morgan fingerprint density at radius 3 is 2.06 bits per heavy atom. The van der Waals surface area contributed by atoms with Crippen LogP contribution in [-0.4, -0.2) is 30.8 Å². The number of halogens is 3. The first-order valence-corrected chi connectivity index (χ1v) is 9.90. The molecular weight excluding hydrogens is 461 g/mol. The number of hydrogen-bond acceptors (Lipinski definition) is 3. The number of fused-ring (bicyclic) bond motifs is 3. The molecule has 5 nitrogen and oxygen atoms in total. The van der Waals surface area contributed by atoms with Gasteiger partial charge in [-0.3, -0.25) is 10.1 Å². The van der Waals surface area contributed by atoms with Crippen LogP contribution in [0.1, 0.15) is 22.6 Å². The fourth-order valence-corrected chi connectivity index (χ4v) is 4.01. The minimum absolute atomic E-state index is 0. The maximum absolute atomic E-state index is 13.2. The largest absolute Gasteiger partial charge is 1.00 e. The Morgan fingerprint density at radius 2 is 1.52 bits per heavy atom. The summed E-state index contributed by atoms with van der Waals surface area (Å²) in [5, 5.41) is 11.2. The number of hydrogen-bond donors (Lipinski definition) is 2. The van der Waals surface area contributed by atoms with Crippen molar-refractivity contribution in [3.8, 4) is 11.1 Å². The van der Waals surface area contributed by atoms with Gasteiger partial charge in [0.15, 0.2) is 0 Å². The van der Waals surface area contributed by atoms with Gasteiger partial charge in [0.25, 0.3) is 0 Å². The van der Waals surface area contributed by atoms with Crippen LogP contribution in [-0.2, 0) is 16.0 Å². The van der Waals surface area contributed by atoms with Crippen LogP contribution in [0, 0.1) is 0 Å². The van der Waals surface area contributed by atoms with Gasteiger partial charge in [-0.2, -0.15) is 0 Å². The Bertz CT molecular complexity index is 1160. The summed E-state index contributed by atoms with van der Waals surface area (Å²) >= 11 is 0. The zero-order chi connectivity index (χ0) is 22.9. The van der Waals surface area contributed by atoms with Gasteiger partial charge in [-0.25, -0.2) is 4.79 Å². The van der Waals surface area contributed by atoms with E-state index < -0.39 is 30.9 Å². The summed E-state index contributed by atoms with van der Waals surface area (Å²) in [7, 11) is 0. The van der Waals surface area contributed by atoms with Crippen molar-refractivity contribution < 1.29 is 83.8 Å². The second kappa shape index (κ2) is 10.4. The molecule has 10 heteroatoms. The van der Waals surface area contributed by atoms with E-state index in [0.29, 0.717) is 0 Å². The first-order chi connectivity index (χ1) is 15.2. The zero-order valence-corrected chi connectivity index (χ0v) is 20.8. The summed E-state index contributed by atoms with van der Waals surface area (Å²) in [6.07, 6.45) is -1.51. The molecule has 0 aromatic heterocycles. The Labute approximate surface area is 230 Å². The van der Waals surface area contributed by atoms with Crippen molar-refractivity contribution in [2.45, 2.75) is 12.3 Å². The maximum atomic E-state index is 13.2. The number of amides is 1. The van der Waals surface area contributed by atoms with Crippen molar-refractivity contribution in [3.05, 3.63) is 83.4 Å². The van der Waals surface area contributed by atoms with Crippen LogP contribution in [0.2, 0.25) is 0 Å². The van der Waals surface area contributed by atoms with Crippen molar-refractivity contribution in [3.63, 3.8) is 0 Å². The van der Waals surface area contributed by atoms with Crippen molar-refractivity contribution in [1.82, 2.24) is 0 Å². The summed E-state index contributed by atoms with van der Waals surface area (Å²) in [6, 6.07) is 18.3. The van der Waals surface area contributed by atoms with Crippen LogP contribution in [0.25, 0.3) is 11.1 Å². The van der Waals surface area contributed by atoms with E-state index in [0.717, 1.165) is 34.4 Å². The number of nitrogens with one attached hydrogen (secondary N) is 1. The number of ether oxygens (including phenoxy) is 1. The van der Waals surface area contributed by atoms with Gasteiger partial charge >= 0.3 is 70.4 Å². The molecule has 164 valence electrons. The third-order valence-electron chi connectivity index (χ3n) is 5.34. The predicted octanol–water partition coefficient (Wildman–Crippen LogP) is 1.73. The molecule has 3 aromatic carbocycles. The molecule has 0 spiro atoms. The standard InChI is InChI=1S/C23H18BF3NO4.K/c25-24(26,27)15-9-14(11-22(29)30)10-16(12-15)28-23(31)32-13-21-19-7-3-1-5-17(19)18-6-2-4-8-20(18)21;/h1-10,12,21H,11,13H2,(H,28,31)(H,29,30);/q-1;+1. The molecule has 0 saturated heterocycles. The second-order valence-electron chi connectivity index (χ2n) is 7.56. The predicted molar refractivity (Wildman–Crippen MR) is 115 cm³/mol. The fraction of sp³-hybridized carbons (Fsp3) is 0.130. The Hall–Kier alpha value is -2.11. The van der Waals surface area contributed by atoms with Gasteiger partial charge in [0.2, 0.25) is 0 Å². The quantitative estimate of drug-likeness (QED) is 0.529. The molecule has 0 heterocycles. The van der Waals surface area contributed by atoms with Gasteiger partial charge in [-0.1, -0.05) is 60.7 Å². The molecule has 0 bridgehead atoms.